The van der Waals surface area contributed by atoms with Crippen LogP contribution in [0.5, 0.6) is 0 Å². The number of nitrogens with one attached hydrogen (secondary N) is 1. The molecule has 3 N–H and O–H groups in total. The smallest absolute Gasteiger partial charge is 0.229 e. The summed E-state index contributed by atoms with van der Waals surface area (Å²) >= 11 is 4.94. The van der Waals surface area contributed by atoms with E-state index in [1.807, 2.05) is 31.5 Å². The third-order valence-corrected chi connectivity index (χ3v) is 3.47. The first kappa shape index (κ1) is 16.6. The third kappa shape index (κ3) is 4.92. The largest absolute Gasteiger partial charge is 0.393 e. The van der Waals surface area contributed by atoms with Gasteiger partial charge in [0.1, 0.15) is 0 Å². The number of nitrogens with zero attached hydrogens (tertiary/aromatic N) is 2. The fourth-order valence-electron chi connectivity index (χ4n) is 2.16. The lowest BCUT2D eigenvalue weighted by Crippen LogP contribution is -2.38. The molecule has 0 saturated heterocycles. The Morgan fingerprint density at radius 2 is 2.25 bits per heavy atom. The molecule has 0 radical (unpaired) electrons. The van der Waals surface area contributed by atoms with Crippen LogP contribution in [-0.2, 0) is 11.3 Å². The van der Waals surface area contributed by atoms with Crippen LogP contribution >= 0.6 is 12.2 Å². The number of carbonyl (C=O) groups is 1. The molecule has 0 aliphatic heterocycles. The second-order valence-electron chi connectivity index (χ2n) is 5.04. The van der Waals surface area contributed by atoms with Crippen molar-refractivity contribution in [3.05, 3.63) is 17.5 Å². The normalized spacial score (nSPS) is 12.2. The van der Waals surface area contributed by atoms with E-state index in [0.29, 0.717) is 13.0 Å². The molecule has 0 fully saturated rings. The first-order chi connectivity index (χ1) is 9.45. The van der Waals surface area contributed by atoms with Gasteiger partial charge in [-0.3, -0.25) is 9.48 Å². The predicted molar refractivity (Wildman–Crippen MR) is 84.5 cm³/mol. The van der Waals surface area contributed by atoms with Gasteiger partial charge in [0.25, 0.3) is 0 Å². The Morgan fingerprint density at radius 3 is 2.75 bits per heavy atom. The number of aryl methyl sites for hydroxylation is 3. The Labute approximate surface area is 125 Å². The van der Waals surface area contributed by atoms with Crippen LogP contribution in [0.2, 0.25) is 0 Å². The minimum absolute atomic E-state index is 0.0623. The molecule has 0 aliphatic rings. The molecule has 1 rings (SSSR count). The van der Waals surface area contributed by atoms with Crippen molar-refractivity contribution in [2.24, 2.45) is 11.7 Å². The highest BCUT2D eigenvalue weighted by Crippen LogP contribution is 2.07. The predicted octanol–water partition coefficient (Wildman–Crippen LogP) is 1.71. The number of rotatable bonds is 8. The molecule has 1 aromatic rings. The highest BCUT2D eigenvalue weighted by Gasteiger charge is 2.19. The lowest BCUT2D eigenvalue weighted by molar-refractivity contribution is -0.123. The highest BCUT2D eigenvalue weighted by atomic mass is 32.1. The van der Waals surface area contributed by atoms with Gasteiger partial charge in [-0.15, -0.1) is 0 Å². The molecule has 112 valence electrons. The molecule has 0 saturated carbocycles. The fraction of sp³-hybridized carbons (Fsp3) is 0.643. The van der Waals surface area contributed by atoms with Crippen molar-refractivity contribution in [1.29, 1.82) is 0 Å². The monoisotopic (exact) mass is 296 g/mol. The van der Waals surface area contributed by atoms with Crippen LogP contribution < -0.4 is 11.1 Å². The Morgan fingerprint density at radius 1 is 1.55 bits per heavy atom. The van der Waals surface area contributed by atoms with Crippen molar-refractivity contribution < 1.29 is 4.79 Å². The van der Waals surface area contributed by atoms with Crippen LogP contribution in [0.1, 0.15) is 37.6 Å². The van der Waals surface area contributed by atoms with Gasteiger partial charge in [0, 0.05) is 18.8 Å². The molecule has 0 bridgehead atoms. The SMILES string of the molecule is CCCC(C(=O)NCCCn1nc(C)cc1C)C(N)=S. The van der Waals surface area contributed by atoms with Gasteiger partial charge in [-0.1, -0.05) is 25.6 Å². The lowest BCUT2D eigenvalue weighted by atomic mass is 10.0. The standard InChI is InChI=1S/C14H24N4OS/c1-4-6-12(13(15)20)14(19)16-7-5-8-18-11(3)9-10(2)17-18/h9,12H,4-8H2,1-3H3,(H2,15,20)(H,16,19). The molecule has 1 heterocycles. The molecule has 1 amide bonds. The van der Waals surface area contributed by atoms with Crippen LogP contribution in [0, 0.1) is 19.8 Å². The van der Waals surface area contributed by atoms with Gasteiger partial charge in [-0.25, -0.2) is 0 Å². The Kier molecular flexibility index (Phi) is 6.64. The van der Waals surface area contributed by atoms with E-state index in [0.717, 1.165) is 30.8 Å². The van der Waals surface area contributed by atoms with E-state index < -0.39 is 0 Å². The van der Waals surface area contributed by atoms with Crippen LogP contribution in [0.25, 0.3) is 0 Å². The van der Waals surface area contributed by atoms with Gasteiger partial charge in [0.15, 0.2) is 0 Å². The molecule has 1 atom stereocenters. The second kappa shape index (κ2) is 7.99. The van der Waals surface area contributed by atoms with Gasteiger partial charge in [-0.05, 0) is 32.8 Å². The number of carbonyl (C=O) groups excluding carboxylic acids is 1. The van der Waals surface area contributed by atoms with Crippen LogP contribution in [-0.4, -0.2) is 27.2 Å². The Bertz CT molecular complexity index is 470. The number of thiocarbonyl (C=S) groups is 1. The summed E-state index contributed by atoms with van der Waals surface area (Å²) in [6.45, 7) is 7.43. The number of aromatic nitrogens is 2. The van der Waals surface area contributed by atoms with Gasteiger partial charge >= 0.3 is 0 Å². The zero-order valence-electron chi connectivity index (χ0n) is 12.5. The van der Waals surface area contributed by atoms with E-state index in [1.165, 1.54) is 0 Å². The summed E-state index contributed by atoms with van der Waals surface area (Å²) < 4.78 is 1.96. The molecular weight excluding hydrogens is 272 g/mol. The van der Waals surface area contributed by atoms with Crippen molar-refractivity contribution in [2.75, 3.05) is 6.54 Å². The Balaban J connectivity index is 2.34. The molecule has 5 nitrogen and oxygen atoms in total. The highest BCUT2D eigenvalue weighted by molar-refractivity contribution is 7.80. The van der Waals surface area contributed by atoms with Crippen molar-refractivity contribution in [2.45, 2.75) is 46.6 Å². The average Bonchev–Trinajstić information content (AvgIpc) is 2.69. The number of nitrogens with two attached hydrogens (primary N) is 1. The maximum absolute atomic E-state index is 12.0. The molecule has 0 aliphatic carbocycles. The number of amides is 1. The van der Waals surface area contributed by atoms with Gasteiger partial charge in [0.05, 0.1) is 16.6 Å². The summed E-state index contributed by atoms with van der Waals surface area (Å²) in [5.41, 5.74) is 7.75. The maximum atomic E-state index is 12.0. The van der Waals surface area contributed by atoms with Crippen LogP contribution in [0.3, 0.4) is 0 Å². The average molecular weight is 296 g/mol. The zero-order valence-corrected chi connectivity index (χ0v) is 13.3. The summed E-state index contributed by atoms with van der Waals surface area (Å²) in [5.74, 6) is -0.406. The van der Waals surface area contributed by atoms with Crippen molar-refractivity contribution >= 4 is 23.1 Å². The van der Waals surface area contributed by atoms with E-state index in [-0.39, 0.29) is 16.8 Å². The lowest BCUT2D eigenvalue weighted by Gasteiger charge is -2.14. The van der Waals surface area contributed by atoms with E-state index in [2.05, 4.69) is 10.4 Å². The van der Waals surface area contributed by atoms with E-state index in [9.17, 15) is 4.79 Å². The number of hydrogen-bond donors (Lipinski definition) is 2. The molecule has 1 unspecified atom stereocenters. The summed E-state index contributed by atoms with van der Waals surface area (Å²) in [5, 5.41) is 7.28. The van der Waals surface area contributed by atoms with Gasteiger partial charge in [-0.2, -0.15) is 5.10 Å². The third-order valence-electron chi connectivity index (χ3n) is 3.19. The minimum atomic E-state index is -0.344. The summed E-state index contributed by atoms with van der Waals surface area (Å²) in [4.78, 5) is 12.2. The Hall–Kier alpha value is -1.43. The van der Waals surface area contributed by atoms with E-state index in [4.69, 9.17) is 18.0 Å². The quantitative estimate of drug-likeness (QED) is 0.566. The molecule has 0 aromatic carbocycles. The molecule has 0 spiro atoms. The van der Waals surface area contributed by atoms with Crippen molar-refractivity contribution in [3.63, 3.8) is 0 Å². The summed E-state index contributed by atoms with van der Waals surface area (Å²) in [6.07, 6.45) is 2.43. The first-order valence-electron chi connectivity index (χ1n) is 7.03. The van der Waals surface area contributed by atoms with E-state index >= 15 is 0 Å². The number of hydrogen-bond acceptors (Lipinski definition) is 3. The molecule has 20 heavy (non-hydrogen) atoms. The topological polar surface area (TPSA) is 72.9 Å². The maximum Gasteiger partial charge on any atom is 0.229 e. The van der Waals surface area contributed by atoms with Gasteiger partial charge in [0.2, 0.25) is 5.91 Å². The molecule has 6 heteroatoms. The molecular formula is C14H24N4OS. The zero-order chi connectivity index (χ0) is 15.1. The van der Waals surface area contributed by atoms with E-state index in [1.54, 1.807) is 0 Å². The summed E-state index contributed by atoms with van der Waals surface area (Å²) in [6, 6.07) is 2.04. The molecule has 1 aromatic heterocycles. The van der Waals surface area contributed by atoms with Crippen LogP contribution in [0.4, 0.5) is 0 Å². The van der Waals surface area contributed by atoms with Crippen molar-refractivity contribution in [3.8, 4) is 0 Å². The first-order valence-corrected chi connectivity index (χ1v) is 7.44. The fourth-order valence-corrected chi connectivity index (χ4v) is 2.38. The van der Waals surface area contributed by atoms with Crippen molar-refractivity contribution in [1.82, 2.24) is 15.1 Å². The van der Waals surface area contributed by atoms with Gasteiger partial charge < -0.3 is 11.1 Å². The van der Waals surface area contributed by atoms with Crippen LogP contribution in [0.15, 0.2) is 6.07 Å². The second-order valence-corrected chi connectivity index (χ2v) is 5.51. The summed E-state index contributed by atoms with van der Waals surface area (Å²) in [7, 11) is 0. The minimum Gasteiger partial charge on any atom is -0.393 e.